The fourth-order valence-electron chi connectivity index (χ4n) is 3.71. The molecular formula is C21H27N5O2. The molecule has 7 nitrogen and oxygen atoms in total. The van der Waals surface area contributed by atoms with Crippen LogP contribution in [0.15, 0.2) is 42.7 Å². The maximum absolute atomic E-state index is 12.5. The third kappa shape index (κ3) is 4.85. The van der Waals surface area contributed by atoms with Gasteiger partial charge in [0.15, 0.2) is 0 Å². The van der Waals surface area contributed by atoms with E-state index in [-0.39, 0.29) is 11.9 Å². The number of amides is 1. The molecule has 2 aromatic rings. The second-order valence-electron chi connectivity index (χ2n) is 7.38. The minimum Gasteiger partial charge on any atom is -0.378 e. The highest BCUT2D eigenvalue weighted by Gasteiger charge is 2.22. The third-order valence-corrected chi connectivity index (χ3v) is 5.37. The van der Waals surface area contributed by atoms with E-state index in [1.54, 1.807) is 12.4 Å². The van der Waals surface area contributed by atoms with Crippen LogP contribution in [0.1, 0.15) is 28.8 Å². The van der Waals surface area contributed by atoms with Gasteiger partial charge < -0.3 is 15.0 Å². The van der Waals surface area contributed by atoms with Crippen molar-refractivity contribution < 1.29 is 9.53 Å². The average Bonchev–Trinajstić information content (AvgIpc) is 2.76. The Hall–Kier alpha value is -2.51. The molecule has 0 aliphatic carbocycles. The fraction of sp³-hybridized carbons (Fsp3) is 0.476. The van der Waals surface area contributed by atoms with Crippen LogP contribution in [0.2, 0.25) is 0 Å². The van der Waals surface area contributed by atoms with Crippen molar-refractivity contribution in [3.63, 3.8) is 0 Å². The molecule has 1 aromatic carbocycles. The summed E-state index contributed by atoms with van der Waals surface area (Å²) in [6, 6.07) is 10.7. The normalized spacial score (nSPS) is 18.8. The summed E-state index contributed by atoms with van der Waals surface area (Å²) in [4.78, 5) is 25.8. The largest absolute Gasteiger partial charge is 0.378 e. The summed E-state index contributed by atoms with van der Waals surface area (Å²) < 4.78 is 5.34. The van der Waals surface area contributed by atoms with E-state index >= 15 is 0 Å². The topological polar surface area (TPSA) is 70.6 Å². The van der Waals surface area contributed by atoms with Crippen molar-refractivity contribution in [2.75, 3.05) is 44.3 Å². The van der Waals surface area contributed by atoms with Crippen molar-refractivity contribution in [2.24, 2.45) is 0 Å². The second kappa shape index (κ2) is 9.12. The summed E-state index contributed by atoms with van der Waals surface area (Å²) in [5.41, 5.74) is 1.85. The van der Waals surface area contributed by atoms with Gasteiger partial charge in [0, 0.05) is 51.2 Å². The monoisotopic (exact) mass is 381 g/mol. The minimum atomic E-state index is -0.0879. The highest BCUT2D eigenvalue weighted by molar-refractivity contribution is 5.93. The van der Waals surface area contributed by atoms with E-state index in [1.807, 2.05) is 6.07 Å². The number of morpholine rings is 1. The van der Waals surface area contributed by atoms with Gasteiger partial charge in [-0.25, -0.2) is 9.97 Å². The average molecular weight is 381 g/mol. The number of ether oxygens (including phenoxy) is 1. The lowest BCUT2D eigenvalue weighted by Crippen LogP contribution is -2.44. The molecule has 2 aliphatic heterocycles. The van der Waals surface area contributed by atoms with Gasteiger partial charge in [-0.2, -0.15) is 0 Å². The Bertz CT molecular complexity index is 754. The van der Waals surface area contributed by atoms with Gasteiger partial charge in [-0.05, 0) is 18.4 Å². The molecule has 3 heterocycles. The van der Waals surface area contributed by atoms with Crippen LogP contribution >= 0.6 is 0 Å². The Morgan fingerprint density at radius 3 is 2.39 bits per heavy atom. The molecule has 1 aromatic heterocycles. The molecule has 1 amide bonds. The number of carbonyl (C=O) groups excluding carboxylic acids is 1. The van der Waals surface area contributed by atoms with E-state index in [1.165, 1.54) is 5.56 Å². The van der Waals surface area contributed by atoms with Gasteiger partial charge >= 0.3 is 0 Å². The summed E-state index contributed by atoms with van der Waals surface area (Å²) >= 11 is 0. The molecule has 0 unspecified atom stereocenters. The highest BCUT2D eigenvalue weighted by Crippen LogP contribution is 2.15. The second-order valence-corrected chi connectivity index (χ2v) is 7.38. The number of likely N-dealkylation sites (tertiary alicyclic amines) is 1. The van der Waals surface area contributed by atoms with E-state index in [0.29, 0.717) is 24.7 Å². The molecule has 2 aliphatic rings. The van der Waals surface area contributed by atoms with Gasteiger partial charge in [-0.3, -0.25) is 9.69 Å². The molecule has 0 bridgehead atoms. The maximum Gasteiger partial charge on any atom is 0.254 e. The zero-order chi connectivity index (χ0) is 19.2. The molecule has 1 N–H and O–H groups in total. The Morgan fingerprint density at radius 2 is 1.71 bits per heavy atom. The number of rotatable bonds is 5. The van der Waals surface area contributed by atoms with E-state index < -0.39 is 0 Å². The Kier molecular flexibility index (Phi) is 6.14. The van der Waals surface area contributed by atoms with Crippen molar-refractivity contribution in [3.05, 3.63) is 53.9 Å². The first-order valence-electron chi connectivity index (χ1n) is 10.00. The molecule has 0 radical (unpaired) electrons. The quantitative estimate of drug-likeness (QED) is 0.850. The van der Waals surface area contributed by atoms with Gasteiger partial charge in [0.25, 0.3) is 5.91 Å². The Balaban J connectivity index is 1.25. The summed E-state index contributed by atoms with van der Waals surface area (Å²) in [7, 11) is 0. The molecule has 0 atom stereocenters. The summed E-state index contributed by atoms with van der Waals surface area (Å²) in [6.07, 6.45) is 5.17. The van der Waals surface area contributed by atoms with E-state index in [9.17, 15) is 4.79 Å². The summed E-state index contributed by atoms with van der Waals surface area (Å²) in [6.45, 7) is 5.90. The van der Waals surface area contributed by atoms with E-state index in [2.05, 4.69) is 49.4 Å². The Morgan fingerprint density at radius 1 is 1.04 bits per heavy atom. The van der Waals surface area contributed by atoms with Gasteiger partial charge in [0.05, 0.1) is 18.8 Å². The van der Waals surface area contributed by atoms with Gasteiger partial charge in [0.2, 0.25) is 5.95 Å². The first-order valence-corrected chi connectivity index (χ1v) is 10.00. The number of hydrogen-bond acceptors (Lipinski definition) is 6. The summed E-state index contributed by atoms with van der Waals surface area (Å²) in [5, 5.41) is 3.14. The number of piperidine rings is 1. The van der Waals surface area contributed by atoms with Crippen LogP contribution in [0.3, 0.4) is 0 Å². The molecule has 2 saturated heterocycles. The number of benzene rings is 1. The van der Waals surface area contributed by atoms with Gasteiger partial charge in [0.1, 0.15) is 0 Å². The molecular weight excluding hydrogens is 354 g/mol. The van der Waals surface area contributed by atoms with Gasteiger partial charge in [-0.15, -0.1) is 0 Å². The number of nitrogens with one attached hydrogen (secondary N) is 1. The number of aromatic nitrogens is 2. The first kappa shape index (κ1) is 18.8. The van der Waals surface area contributed by atoms with Crippen molar-refractivity contribution in [2.45, 2.75) is 25.4 Å². The third-order valence-electron chi connectivity index (χ3n) is 5.37. The Labute approximate surface area is 165 Å². The minimum absolute atomic E-state index is 0.0879. The maximum atomic E-state index is 12.5. The standard InChI is InChI=1S/C21H27N5O2/c27-20(18-14-22-21(23-15-18)26-10-12-28-13-11-26)24-19-6-8-25(9-7-19)16-17-4-2-1-3-5-17/h1-5,14-15,19H,6-13,16H2,(H,24,27). The van der Waals surface area contributed by atoms with Crippen molar-refractivity contribution in [3.8, 4) is 0 Å². The molecule has 4 rings (SSSR count). The van der Waals surface area contributed by atoms with Crippen LogP contribution in [0.25, 0.3) is 0 Å². The van der Waals surface area contributed by atoms with Crippen LogP contribution in [-0.4, -0.2) is 66.2 Å². The first-order chi connectivity index (χ1) is 13.8. The molecule has 0 spiro atoms. The molecule has 28 heavy (non-hydrogen) atoms. The predicted octanol–water partition coefficient (Wildman–Crippen LogP) is 1.71. The number of anilines is 1. The van der Waals surface area contributed by atoms with Crippen LogP contribution in [0.5, 0.6) is 0 Å². The lowest BCUT2D eigenvalue weighted by atomic mass is 10.0. The zero-order valence-electron chi connectivity index (χ0n) is 16.1. The van der Waals surface area contributed by atoms with E-state index in [4.69, 9.17) is 4.74 Å². The highest BCUT2D eigenvalue weighted by atomic mass is 16.5. The number of nitrogens with zero attached hydrogens (tertiary/aromatic N) is 4. The van der Waals surface area contributed by atoms with Crippen molar-refractivity contribution in [1.29, 1.82) is 0 Å². The lowest BCUT2D eigenvalue weighted by molar-refractivity contribution is 0.0908. The molecule has 148 valence electrons. The fourth-order valence-corrected chi connectivity index (χ4v) is 3.71. The van der Waals surface area contributed by atoms with Crippen LogP contribution in [0, 0.1) is 0 Å². The lowest BCUT2D eigenvalue weighted by Gasteiger charge is -2.32. The van der Waals surface area contributed by atoms with Crippen molar-refractivity contribution >= 4 is 11.9 Å². The molecule has 0 saturated carbocycles. The smallest absolute Gasteiger partial charge is 0.254 e. The van der Waals surface area contributed by atoms with Crippen LogP contribution in [0.4, 0.5) is 5.95 Å². The van der Waals surface area contributed by atoms with Gasteiger partial charge in [-0.1, -0.05) is 30.3 Å². The molecule has 2 fully saturated rings. The van der Waals surface area contributed by atoms with Crippen LogP contribution < -0.4 is 10.2 Å². The van der Waals surface area contributed by atoms with E-state index in [0.717, 1.165) is 45.6 Å². The molecule has 7 heteroatoms. The summed E-state index contributed by atoms with van der Waals surface area (Å²) in [5.74, 6) is 0.573. The zero-order valence-corrected chi connectivity index (χ0v) is 16.1. The predicted molar refractivity (Wildman–Crippen MR) is 107 cm³/mol. The number of hydrogen-bond donors (Lipinski definition) is 1. The SMILES string of the molecule is O=C(NC1CCN(Cc2ccccc2)CC1)c1cnc(N2CCOCC2)nc1. The van der Waals surface area contributed by atoms with Crippen molar-refractivity contribution in [1.82, 2.24) is 20.2 Å². The van der Waals surface area contributed by atoms with Crippen LogP contribution in [-0.2, 0) is 11.3 Å². The number of carbonyl (C=O) groups is 1.